The second kappa shape index (κ2) is 9.40. The summed E-state index contributed by atoms with van der Waals surface area (Å²) in [5.41, 5.74) is 5.96. The van der Waals surface area contributed by atoms with Crippen molar-refractivity contribution >= 4 is 57.7 Å². The van der Waals surface area contributed by atoms with Crippen LogP contribution in [0.15, 0.2) is 24.3 Å². The molecule has 33 heavy (non-hydrogen) atoms. The van der Waals surface area contributed by atoms with E-state index in [1.165, 1.54) is 12.1 Å². The highest BCUT2D eigenvalue weighted by Gasteiger charge is 2.22. The Hall–Kier alpha value is -3.11. The maximum Gasteiger partial charge on any atom is 0.387 e. The van der Waals surface area contributed by atoms with Crippen molar-refractivity contribution in [1.29, 1.82) is 0 Å². The van der Waals surface area contributed by atoms with Crippen LogP contribution in [-0.2, 0) is 11.3 Å². The van der Waals surface area contributed by atoms with Gasteiger partial charge in [0.2, 0.25) is 11.9 Å². The first-order valence-corrected chi connectivity index (χ1v) is 10.4. The third kappa shape index (κ3) is 5.63. The molecule has 0 fully saturated rings. The molecule has 0 unspecified atom stereocenters. The molecule has 1 heterocycles. The zero-order chi connectivity index (χ0) is 24.5. The van der Waals surface area contributed by atoms with Gasteiger partial charge in [0.25, 0.3) is 5.91 Å². The molecule has 0 saturated heterocycles. The molecule has 0 saturated carbocycles. The maximum absolute atomic E-state index is 12.7. The highest BCUT2D eigenvalue weighted by Crippen LogP contribution is 2.36. The van der Waals surface area contributed by atoms with E-state index in [2.05, 4.69) is 25.3 Å². The molecule has 0 spiro atoms. The van der Waals surface area contributed by atoms with Gasteiger partial charge in [-0.2, -0.15) is 8.78 Å². The molecule has 176 valence electrons. The van der Waals surface area contributed by atoms with Crippen LogP contribution in [0.25, 0.3) is 11.0 Å². The zero-order valence-corrected chi connectivity index (χ0v) is 19.4. The lowest BCUT2D eigenvalue weighted by Crippen LogP contribution is -2.34. The van der Waals surface area contributed by atoms with Crippen LogP contribution in [-0.4, -0.2) is 28.4 Å². The lowest BCUT2D eigenvalue weighted by Gasteiger charge is -2.19. The van der Waals surface area contributed by atoms with Gasteiger partial charge in [0, 0.05) is 18.0 Å². The SMILES string of the molecule is CC(C)(C)C(=O)NCc1ccc(Cl)c(Nc2nc3cc(C(N)=O)c(OC(F)F)cc3[nH]2)c1Cl. The summed E-state index contributed by atoms with van der Waals surface area (Å²) in [5.74, 6) is -1.30. The van der Waals surface area contributed by atoms with Crippen molar-refractivity contribution in [3.05, 3.63) is 45.4 Å². The number of rotatable bonds is 7. The quantitative estimate of drug-likeness (QED) is 0.365. The number of benzene rings is 2. The summed E-state index contributed by atoms with van der Waals surface area (Å²) < 4.78 is 29.8. The predicted molar refractivity (Wildman–Crippen MR) is 122 cm³/mol. The van der Waals surface area contributed by atoms with Crippen molar-refractivity contribution in [2.24, 2.45) is 11.1 Å². The van der Waals surface area contributed by atoms with E-state index in [9.17, 15) is 18.4 Å². The lowest BCUT2D eigenvalue weighted by atomic mass is 9.95. The number of halogens is 4. The van der Waals surface area contributed by atoms with E-state index in [0.717, 1.165) is 0 Å². The van der Waals surface area contributed by atoms with E-state index in [0.29, 0.717) is 16.8 Å². The van der Waals surface area contributed by atoms with Crippen LogP contribution in [0, 0.1) is 5.41 Å². The Kier molecular flexibility index (Phi) is 6.99. The number of ether oxygens (including phenoxy) is 1. The van der Waals surface area contributed by atoms with Crippen LogP contribution < -0.4 is 21.1 Å². The number of anilines is 2. The Morgan fingerprint density at radius 2 is 1.94 bits per heavy atom. The Morgan fingerprint density at radius 3 is 2.55 bits per heavy atom. The Balaban J connectivity index is 1.91. The van der Waals surface area contributed by atoms with Crippen LogP contribution in [0.4, 0.5) is 20.4 Å². The fourth-order valence-electron chi connectivity index (χ4n) is 2.89. The summed E-state index contributed by atoms with van der Waals surface area (Å²) >= 11 is 12.8. The molecule has 0 radical (unpaired) electrons. The number of fused-ring (bicyclic) bond motifs is 1. The Labute approximate surface area is 197 Å². The van der Waals surface area contributed by atoms with E-state index in [1.807, 2.05) is 0 Å². The van der Waals surface area contributed by atoms with E-state index in [1.54, 1.807) is 32.9 Å². The molecule has 8 nitrogen and oxygen atoms in total. The summed E-state index contributed by atoms with van der Waals surface area (Å²) in [6.07, 6.45) is 0. The average Bonchev–Trinajstić information content (AvgIpc) is 3.09. The minimum atomic E-state index is -3.14. The van der Waals surface area contributed by atoms with Gasteiger partial charge >= 0.3 is 6.61 Å². The summed E-state index contributed by atoms with van der Waals surface area (Å²) in [7, 11) is 0. The second-order valence-corrected chi connectivity index (χ2v) is 8.93. The average molecular weight is 500 g/mol. The summed E-state index contributed by atoms with van der Waals surface area (Å²) in [6.45, 7) is 2.42. The first-order valence-electron chi connectivity index (χ1n) is 9.67. The van der Waals surface area contributed by atoms with Gasteiger partial charge in [0.15, 0.2) is 0 Å². The van der Waals surface area contributed by atoms with Crippen LogP contribution in [0.5, 0.6) is 5.75 Å². The number of carbonyl (C=O) groups excluding carboxylic acids is 2. The molecule has 2 aromatic carbocycles. The van der Waals surface area contributed by atoms with Gasteiger partial charge in [-0.25, -0.2) is 4.98 Å². The number of hydrogen-bond donors (Lipinski definition) is 4. The van der Waals surface area contributed by atoms with Crippen LogP contribution in [0.3, 0.4) is 0 Å². The number of primary amides is 1. The highest BCUT2D eigenvalue weighted by molar-refractivity contribution is 6.39. The van der Waals surface area contributed by atoms with E-state index in [-0.39, 0.29) is 45.3 Å². The topological polar surface area (TPSA) is 122 Å². The second-order valence-electron chi connectivity index (χ2n) is 8.15. The maximum atomic E-state index is 12.7. The number of hydrogen-bond acceptors (Lipinski definition) is 5. The molecule has 12 heteroatoms. The van der Waals surface area contributed by atoms with E-state index < -0.39 is 17.9 Å². The summed E-state index contributed by atoms with van der Waals surface area (Å²) in [6, 6.07) is 5.72. The van der Waals surface area contributed by atoms with E-state index in [4.69, 9.17) is 28.9 Å². The van der Waals surface area contributed by atoms with Crippen LogP contribution in [0.1, 0.15) is 36.7 Å². The Bertz CT molecular complexity index is 1220. The van der Waals surface area contributed by atoms with Crippen molar-refractivity contribution in [3.8, 4) is 5.75 Å². The van der Waals surface area contributed by atoms with Crippen molar-refractivity contribution < 1.29 is 23.1 Å². The van der Waals surface area contributed by atoms with Crippen molar-refractivity contribution in [2.75, 3.05) is 5.32 Å². The summed E-state index contributed by atoms with van der Waals surface area (Å²) in [4.78, 5) is 30.9. The van der Waals surface area contributed by atoms with Gasteiger partial charge in [-0.1, -0.05) is 50.0 Å². The normalized spacial score (nSPS) is 11.6. The van der Waals surface area contributed by atoms with Crippen molar-refractivity contribution in [3.63, 3.8) is 0 Å². The first kappa shape index (κ1) is 24.5. The standard InChI is InChI=1S/C21H21Cl2F2N5O3/c1-21(2,3)18(32)27-8-9-4-5-11(22)16(15(9)23)30-20-28-12-6-10(17(26)31)14(33-19(24)25)7-13(12)29-20/h4-7,19H,8H2,1-3H3,(H2,26,31)(H,27,32)(H2,28,29,30). The number of imidazole rings is 1. The molecule has 5 N–H and O–H groups in total. The van der Waals surface area contributed by atoms with Gasteiger partial charge in [-0.05, 0) is 17.7 Å². The van der Waals surface area contributed by atoms with Gasteiger partial charge in [-0.3, -0.25) is 9.59 Å². The molecule has 1 aromatic heterocycles. The van der Waals surface area contributed by atoms with Gasteiger partial charge in [0.05, 0.1) is 32.3 Å². The molecule has 3 aromatic rings. The fraction of sp³-hybridized carbons (Fsp3) is 0.286. The summed E-state index contributed by atoms with van der Waals surface area (Å²) in [5, 5.41) is 6.31. The van der Waals surface area contributed by atoms with Crippen LogP contribution >= 0.6 is 23.2 Å². The monoisotopic (exact) mass is 499 g/mol. The highest BCUT2D eigenvalue weighted by atomic mass is 35.5. The Morgan fingerprint density at radius 1 is 1.24 bits per heavy atom. The fourth-order valence-corrected chi connectivity index (χ4v) is 3.42. The molecule has 3 rings (SSSR count). The number of aromatic nitrogens is 2. The number of alkyl halides is 2. The minimum absolute atomic E-state index is 0.146. The lowest BCUT2D eigenvalue weighted by molar-refractivity contribution is -0.128. The molecule has 0 aliphatic rings. The number of amides is 2. The predicted octanol–water partition coefficient (Wildman–Crippen LogP) is 4.98. The molecule has 0 atom stereocenters. The van der Waals surface area contributed by atoms with Gasteiger partial charge < -0.3 is 26.1 Å². The molecular weight excluding hydrogens is 479 g/mol. The minimum Gasteiger partial charge on any atom is -0.434 e. The van der Waals surface area contributed by atoms with Gasteiger partial charge in [-0.15, -0.1) is 0 Å². The van der Waals surface area contributed by atoms with Gasteiger partial charge in [0.1, 0.15) is 5.75 Å². The number of nitrogens with zero attached hydrogens (tertiary/aromatic N) is 1. The number of carbonyl (C=O) groups is 2. The first-order chi connectivity index (χ1) is 15.4. The molecule has 0 bridgehead atoms. The molecule has 0 aliphatic heterocycles. The molecule has 0 aliphatic carbocycles. The third-order valence-electron chi connectivity index (χ3n) is 4.60. The number of nitrogens with two attached hydrogens (primary N) is 1. The van der Waals surface area contributed by atoms with Crippen molar-refractivity contribution in [2.45, 2.75) is 33.9 Å². The number of nitrogens with one attached hydrogen (secondary N) is 3. The van der Waals surface area contributed by atoms with Crippen LogP contribution in [0.2, 0.25) is 10.0 Å². The smallest absolute Gasteiger partial charge is 0.387 e. The third-order valence-corrected chi connectivity index (χ3v) is 5.35. The van der Waals surface area contributed by atoms with E-state index >= 15 is 0 Å². The largest absolute Gasteiger partial charge is 0.434 e. The van der Waals surface area contributed by atoms with Crippen molar-refractivity contribution in [1.82, 2.24) is 15.3 Å². The number of aromatic amines is 1. The number of H-pyrrole nitrogens is 1. The zero-order valence-electron chi connectivity index (χ0n) is 17.9. The molecule has 2 amide bonds. The molecular formula is C21H21Cl2F2N5O3.